The van der Waals surface area contributed by atoms with E-state index in [-0.39, 0.29) is 12.2 Å². The zero-order chi connectivity index (χ0) is 13.1. The summed E-state index contributed by atoms with van der Waals surface area (Å²) in [6.07, 6.45) is 1.57. The van der Waals surface area contributed by atoms with Gasteiger partial charge in [0.2, 0.25) is 0 Å². The van der Waals surface area contributed by atoms with Gasteiger partial charge in [-0.05, 0) is 25.1 Å². The second kappa shape index (κ2) is 5.03. The van der Waals surface area contributed by atoms with E-state index in [1.54, 1.807) is 19.2 Å². The first-order chi connectivity index (χ1) is 8.58. The fourth-order valence-corrected chi connectivity index (χ4v) is 1.45. The van der Waals surface area contributed by atoms with Crippen LogP contribution in [0.15, 0.2) is 24.4 Å². The molecule has 0 aliphatic rings. The van der Waals surface area contributed by atoms with Crippen LogP contribution in [0.3, 0.4) is 0 Å². The topological polar surface area (TPSA) is 37.8 Å². The van der Waals surface area contributed by atoms with Crippen LogP contribution >= 0.6 is 0 Å². The maximum absolute atomic E-state index is 13.3. The van der Waals surface area contributed by atoms with Crippen molar-refractivity contribution in [2.24, 2.45) is 0 Å². The SMILES string of the molecule is Cc1nccc(CNc2ccc(F)c(F)c2F)n1. The third-order valence-electron chi connectivity index (χ3n) is 2.33. The molecule has 0 spiro atoms. The molecular weight excluding hydrogens is 243 g/mol. The van der Waals surface area contributed by atoms with Crippen LogP contribution < -0.4 is 5.32 Å². The van der Waals surface area contributed by atoms with E-state index < -0.39 is 17.5 Å². The van der Waals surface area contributed by atoms with Gasteiger partial charge in [0.15, 0.2) is 17.5 Å². The number of aryl methyl sites for hydroxylation is 1. The Morgan fingerprint density at radius 3 is 2.61 bits per heavy atom. The lowest BCUT2D eigenvalue weighted by atomic mass is 10.2. The minimum absolute atomic E-state index is 0.106. The highest BCUT2D eigenvalue weighted by Crippen LogP contribution is 2.19. The number of halogens is 3. The third-order valence-corrected chi connectivity index (χ3v) is 2.33. The van der Waals surface area contributed by atoms with Gasteiger partial charge in [-0.15, -0.1) is 0 Å². The van der Waals surface area contributed by atoms with Crippen LogP contribution in [-0.2, 0) is 6.54 Å². The Kier molecular flexibility index (Phi) is 3.45. The molecule has 94 valence electrons. The Morgan fingerprint density at radius 1 is 1.11 bits per heavy atom. The van der Waals surface area contributed by atoms with Crippen LogP contribution in [0, 0.1) is 24.4 Å². The number of nitrogens with zero attached hydrogens (tertiary/aromatic N) is 2. The standard InChI is InChI=1S/C12H10F3N3/c1-7-16-5-4-8(18-7)6-17-10-3-2-9(13)11(14)12(10)15/h2-5,17H,6H2,1H3. The highest BCUT2D eigenvalue weighted by atomic mass is 19.2. The van der Waals surface area contributed by atoms with Crippen molar-refractivity contribution in [3.63, 3.8) is 0 Å². The molecule has 18 heavy (non-hydrogen) atoms. The largest absolute Gasteiger partial charge is 0.377 e. The number of benzene rings is 1. The molecule has 0 aliphatic heterocycles. The van der Waals surface area contributed by atoms with E-state index in [0.717, 1.165) is 12.1 Å². The van der Waals surface area contributed by atoms with Crippen molar-refractivity contribution >= 4 is 5.69 Å². The van der Waals surface area contributed by atoms with E-state index in [4.69, 9.17) is 0 Å². The Bertz CT molecular complexity index is 572. The van der Waals surface area contributed by atoms with Crippen LogP contribution in [0.25, 0.3) is 0 Å². The summed E-state index contributed by atoms with van der Waals surface area (Å²) in [6.45, 7) is 1.92. The van der Waals surface area contributed by atoms with E-state index >= 15 is 0 Å². The second-order valence-electron chi connectivity index (χ2n) is 3.67. The van der Waals surface area contributed by atoms with Gasteiger partial charge in [-0.25, -0.2) is 23.1 Å². The summed E-state index contributed by atoms with van der Waals surface area (Å²) in [5, 5.41) is 2.65. The first-order valence-corrected chi connectivity index (χ1v) is 5.24. The van der Waals surface area contributed by atoms with E-state index in [1.807, 2.05) is 0 Å². The molecule has 0 amide bonds. The van der Waals surface area contributed by atoms with Gasteiger partial charge >= 0.3 is 0 Å². The molecule has 2 aromatic rings. The zero-order valence-electron chi connectivity index (χ0n) is 9.54. The predicted octanol–water partition coefficient (Wildman–Crippen LogP) is 2.81. The average Bonchev–Trinajstić information content (AvgIpc) is 2.35. The van der Waals surface area contributed by atoms with Crippen LogP contribution in [0.2, 0.25) is 0 Å². The zero-order valence-corrected chi connectivity index (χ0v) is 9.54. The fourth-order valence-electron chi connectivity index (χ4n) is 1.45. The minimum atomic E-state index is -1.49. The van der Waals surface area contributed by atoms with Crippen molar-refractivity contribution in [2.75, 3.05) is 5.32 Å². The van der Waals surface area contributed by atoms with Gasteiger partial charge < -0.3 is 5.32 Å². The molecule has 1 heterocycles. The maximum atomic E-state index is 13.3. The second-order valence-corrected chi connectivity index (χ2v) is 3.67. The smallest absolute Gasteiger partial charge is 0.196 e. The number of hydrogen-bond donors (Lipinski definition) is 1. The fraction of sp³-hybridized carbons (Fsp3) is 0.167. The summed E-state index contributed by atoms with van der Waals surface area (Å²) in [5.74, 6) is -3.35. The lowest BCUT2D eigenvalue weighted by molar-refractivity contribution is 0.449. The Labute approximate surface area is 102 Å². The Balaban J connectivity index is 2.14. The van der Waals surface area contributed by atoms with Gasteiger partial charge in [-0.2, -0.15) is 0 Å². The van der Waals surface area contributed by atoms with Crippen molar-refractivity contribution in [3.8, 4) is 0 Å². The van der Waals surface area contributed by atoms with E-state index in [9.17, 15) is 13.2 Å². The monoisotopic (exact) mass is 253 g/mol. The van der Waals surface area contributed by atoms with Crippen LogP contribution in [0.1, 0.15) is 11.5 Å². The van der Waals surface area contributed by atoms with Gasteiger partial charge in [0.25, 0.3) is 0 Å². The molecule has 1 N–H and O–H groups in total. The van der Waals surface area contributed by atoms with Gasteiger partial charge in [-0.1, -0.05) is 0 Å². The molecule has 0 fully saturated rings. The number of aromatic nitrogens is 2. The molecule has 0 aliphatic carbocycles. The summed E-state index contributed by atoms with van der Waals surface area (Å²) < 4.78 is 39.0. The number of anilines is 1. The van der Waals surface area contributed by atoms with Gasteiger partial charge in [0.05, 0.1) is 17.9 Å². The summed E-state index contributed by atoms with van der Waals surface area (Å²) in [6, 6.07) is 3.66. The molecule has 0 atom stereocenters. The normalized spacial score (nSPS) is 10.4. The van der Waals surface area contributed by atoms with E-state index in [1.165, 1.54) is 0 Å². The summed E-state index contributed by atoms with van der Waals surface area (Å²) in [5.41, 5.74) is 0.525. The van der Waals surface area contributed by atoms with Gasteiger partial charge in [-0.3, -0.25) is 0 Å². The van der Waals surface area contributed by atoms with Crippen molar-refractivity contribution in [1.82, 2.24) is 9.97 Å². The van der Waals surface area contributed by atoms with Crippen molar-refractivity contribution in [2.45, 2.75) is 13.5 Å². The van der Waals surface area contributed by atoms with Gasteiger partial charge in [0, 0.05) is 6.20 Å². The van der Waals surface area contributed by atoms with Crippen LogP contribution in [0.5, 0.6) is 0 Å². The summed E-state index contributed by atoms with van der Waals surface area (Å²) in [4.78, 5) is 8.01. The predicted molar refractivity (Wildman–Crippen MR) is 60.4 cm³/mol. The average molecular weight is 253 g/mol. The van der Waals surface area contributed by atoms with Gasteiger partial charge in [0.1, 0.15) is 5.82 Å². The molecule has 6 heteroatoms. The Morgan fingerprint density at radius 2 is 1.89 bits per heavy atom. The minimum Gasteiger partial charge on any atom is -0.377 e. The molecule has 0 unspecified atom stereocenters. The molecule has 3 nitrogen and oxygen atoms in total. The maximum Gasteiger partial charge on any atom is 0.196 e. The lowest BCUT2D eigenvalue weighted by Crippen LogP contribution is -2.06. The molecule has 0 saturated heterocycles. The van der Waals surface area contributed by atoms with Crippen LogP contribution in [0.4, 0.5) is 18.9 Å². The number of nitrogens with one attached hydrogen (secondary N) is 1. The van der Waals surface area contributed by atoms with Crippen molar-refractivity contribution < 1.29 is 13.2 Å². The highest BCUT2D eigenvalue weighted by Gasteiger charge is 2.12. The molecule has 0 bridgehead atoms. The first kappa shape index (κ1) is 12.3. The summed E-state index contributed by atoms with van der Waals surface area (Å²) in [7, 11) is 0. The molecule has 0 saturated carbocycles. The van der Waals surface area contributed by atoms with E-state index in [0.29, 0.717) is 11.5 Å². The van der Waals surface area contributed by atoms with Crippen molar-refractivity contribution in [1.29, 1.82) is 0 Å². The third kappa shape index (κ3) is 2.58. The lowest BCUT2D eigenvalue weighted by Gasteiger charge is -2.08. The molecular formula is C12H10F3N3. The Hall–Kier alpha value is -2.11. The van der Waals surface area contributed by atoms with E-state index in [2.05, 4.69) is 15.3 Å². The molecule has 0 radical (unpaired) electrons. The first-order valence-electron chi connectivity index (χ1n) is 5.24. The van der Waals surface area contributed by atoms with Crippen LogP contribution in [-0.4, -0.2) is 9.97 Å². The molecule has 1 aromatic carbocycles. The highest BCUT2D eigenvalue weighted by molar-refractivity contribution is 5.45. The summed E-state index contributed by atoms with van der Waals surface area (Å²) >= 11 is 0. The van der Waals surface area contributed by atoms with Crippen molar-refractivity contribution in [3.05, 3.63) is 53.4 Å². The molecule has 1 aromatic heterocycles. The molecule has 2 rings (SSSR count). The quantitative estimate of drug-likeness (QED) is 0.855. The number of rotatable bonds is 3. The number of hydrogen-bond acceptors (Lipinski definition) is 3.